The second kappa shape index (κ2) is 9.75. The molecule has 0 saturated carbocycles. The first kappa shape index (κ1) is 19.7. The van der Waals surface area contributed by atoms with E-state index in [9.17, 15) is 9.90 Å². The predicted molar refractivity (Wildman–Crippen MR) is 97.9 cm³/mol. The van der Waals surface area contributed by atoms with Crippen molar-refractivity contribution in [3.05, 3.63) is 24.3 Å². The number of piperidine rings is 1. The van der Waals surface area contributed by atoms with Crippen LogP contribution in [0.25, 0.3) is 0 Å². The monoisotopic (exact) mass is 350 g/mol. The fourth-order valence-electron chi connectivity index (χ4n) is 3.01. The van der Waals surface area contributed by atoms with Crippen LogP contribution >= 0.6 is 0 Å². The van der Waals surface area contributed by atoms with Gasteiger partial charge in [0.15, 0.2) is 0 Å². The minimum atomic E-state index is -0.485. The summed E-state index contributed by atoms with van der Waals surface area (Å²) in [7, 11) is 1.60. The van der Waals surface area contributed by atoms with Gasteiger partial charge in [0, 0.05) is 12.5 Å². The third-order valence-corrected chi connectivity index (χ3v) is 4.41. The van der Waals surface area contributed by atoms with Gasteiger partial charge in [-0.25, -0.2) is 0 Å². The Morgan fingerprint density at radius 3 is 2.64 bits per heavy atom. The zero-order chi connectivity index (χ0) is 18.2. The van der Waals surface area contributed by atoms with Crippen molar-refractivity contribution in [3.63, 3.8) is 0 Å². The third kappa shape index (κ3) is 6.30. The number of nitrogens with zero attached hydrogens (tertiary/aromatic N) is 1. The van der Waals surface area contributed by atoms with Gasteiger partial charge in [-0.2, -0.15) is 0 Å². The molecule has 0 bridgehead atoms. The van der Waals surface area contributed by atoms with Crippen molar-refractivity contribution in [2.45, 2.75) is 38.9 Å². The van der Waals surface area contributed by atoms with E-state index < -0.39 is 6.10 Å². The number of aliphatic hydroxyl groups excluding tert-OH is 1. The van der Waals surface area contributed by atoms with Crippen LogP contribution in [0.1, 0.15) is 26.7 Å². The van der Waals surface area contributed by atoms with E-state index in [0.717, 1.165) is 25.9 Å². The lowest BCUT2D eigenvalue weighted by Gasteiger charge is -2.32. The molecule has 1 amide bonds. The zero-order valence-corrected chi connectivity index (χ0v) is 15.4. The van der Waals surface area contributed by atoms with Gasteiger partial charge in [0.1, 0.15) is 5.75 Å². The molecule has 1 aliphatic rings. The number of carbonyl (C=O) groups excluding carboxylic acids is 1. The summed E-state index contributed by atoms with van der Waals surface area (Å²) >= 11 is 0. The molecule has 1 aliphatic heterocycles. The predicted octanol–water partition coefficient (Wildman–Crippen LogP) is 2.13. The molecular weight excluding hydrogens is 320 g/mol. The number of amides is 1. The van der Waals surface area contributed by atoms with Crippen molar-refractivity contribution >= 4 is 11.6 Å². The topological polar surface area (TPSA) is 71.0 Å². The highest BCUT2D eigenvalue weighted by atomic mass is 16.5. The Bertz CT molecular complexity index is 542. The molecular formula is C19H30N2O4. The van der Waals surface area contributed by atoms with Crippen LogP contribution in [0.2, 0.25) is 0 Å². The SMILES string of the molecule is COc1ccccc1NC(=O)C1CCN(CC(O)COC(C)C)CC1. The molecule has 0 radical (unpaired) electrons. The number of β-amino-alcohol motifs (C(OH)–C–C–N with tert-alkyl or cyclic N) is 1. The molecule has 2 N–H and O–H groups in total. The fourth-order valence-corrected chi connectivity index (χ4v) is 3.01. The number of benzene rings is 1. The van der Waals surface area contributed by atoms with E-state index >= 15 is 0 Å². The van der Waals surface area contributed by atoms with Gasteiger partial charge in [-0.3, -0.25) is 4.79 Å². The smallest absolute Gasteiger partial charge is 0.227 e. The van der Waals surface area contributed by atoms with Gasteiger partial charge in [0.25, 0.3) is 0 Å². The summed E-state index contributed by atoms with van der Waals surface area (Å²) in [6, 6.07) is 7.43. The van der Waals surface area contributed by atoms with Crippen molar-refractivity contribution in [2.75, 3.05) is 38.7 Å². The number of ether oxygens (including phenoxy) is 2. The normalized spacial score (nSPS) is 17.5. The van der Waals surface area contributed by atoms with Crippen LogP contribution in [-0.4, -0.2) is 61.5 Å². The van der Waals surface area contributed by atoms with Crippen LogP contribution in [-0.2, 0) is 9.53 Å². The largest absolute Gasteiger partial charge is 0.495 e. The molecule has 1 heterocycles. The van der Waals surface area contributed by atoms with Crippen molar-refractivity contribution in [2.24, 2.45) is 5.92 Å². The van der Waals surface area contributed by atoms with Gasteiger partial charge in [0.05, 0.1) is 31.6 Å². The number of anilines is 1. The van der Waals surface area contributed by atoms with Gasteiger partial charge in [0.2, 0.25) is 5.91 Å². The maximum Gasteiger partial charge on any atom is 0.227 e. The van der Waals surface area contributed by atoms with E-state index in [1.165, 1.54) is 0 Å². The first-order chi connectivity index (χ1) is 12.0. The summed E-state index contributed by atoms with van der Waals surface area (Å²) in [5, 5.41) is 13.0. The molecule has 6 heteroatoms. The number of rotatable bonds is 8. The molecule has 1 aromatic rings. The van der Waals surface area contributed by atoms with Gasteiger partial charge < -0.3 is 24.8 Å². The van der Waals surface area contributed by atoms with Crippen LogP contribution < -0.4 is 10.1 Å². The minimum Gasteiger partial charge on any atom is -0.495 e. The molecule has 0 aliphatic carbocycles. The lowest BCUT2D eigenvalue weighted by molar-refractivity contribution is -0.121. The Hall–Kier alpha value is -1.63. The molecule has 25 heavy (non-hydrogen) atoms. The second-order valence-electron chi connectivity index (χ2n) is 6.80. The standard InChI is InChI=1S/C19H30N2O4/c1-14(2)25-13-16(22)12-21-10-8-15(9-11-21)19(23)20-17-6-4-5-7-18(17)24-3/h4-7,14-16,22H,8-13H2,1-3H3,(H,20,23). The number of hydrogen-bond acceptors (Lipinski definition) is 5. The van der Waals surface area contributed by atoms with E-state index in [-0.39, 0.29) is 17.9 Å². The van der Waals surface area contributed by atoms with E-state index in [4.69, 9.17) is 9.47 Å². The molecule has 1 fully saturated rings. The average Bonchev–Trinajstić information content (AvgIpc) is 2.61. The summed E-state index contributed by atoms with van der Waals surface area (Å²) in [6.45, 7) is 6.47. The number of aliphatic hydroxyl groups is 1. The Kier molecular flexibility index (Phi) is 7.68. The number of hydrogen-bond donors (Lipinski definition) is 2. The molecule has 6 nitrogen and oxygen atoms in total. The molecule has 1 saturated heterocycles. The third-order valence-electron chi connectivity index (χ3n) is 4.41. The van der Waals surface area contributed by atoms with Crippen LogP contribution in [0.4, 0.5) is 5.69 Å². The number of likely N-dealkylation sites (tertiary alicyclic amines) is 1. The van der Waals surface area contributed by atoms with Crippen LogP contribution in [0, 0.1) is 5.92 Å². The highest BCUT2D eigenvalue weighted by Gasteiger charge is 2.26. The summed E-state index contributed by atoms with van der Waals surface area (Å²) in [5.74, 6) is 0.694. The minimum absolute atomic E-state index is 0.00906. The van der Waals surface area contributed by atoms with Gasteiger partial charge >= 0.3 is 0 Å². The molecule has 1 atom stereocenters. The summed E-state index contributed by atoms with van der Waals surface area (Å²) in [5.41, 5.74) is 0.707. The van der Waals surface area contributed by atoms with Crippen molar-refractivity contribution in [1.82, 2.24) is 4.90 Å². The van der Waals surface area contributed by atoms with Crippen LogP contribution in [0.15, 0.2) is 24.3 Å². The highest BCUT2D eigenvalue weighted by Crippen LogP contribution is 2.25. The van der Waals surface area contributed by atoms with Gasteiger partial charge in [-0.15, -0.1) is 0 Å². The average molecular weight is 350 g/mol. The first-order valence-electron chi connectivity index (χ1n) is 8.95. The second-order valence-corrected chi connectivity index (χ2v) is 6.80. The molecule has 2 rings (SSSR count). The van der Waals surface area contributed by atoms with Gasteiger partial charge in [-0.1, -0.05) is 12.1 Å². The van der Waals surface area contributed by atoms with E-state index in [0.29, 0.717) is 24.6 Å². The fraction of sp³-hybridized carbons (Fsp3) is 0.632. The quantitative estimate of drug-likeness (QED) is 0.752. The van der Waals surface area contributed by atoms with Crippen molar-refractivity contribution in [1.29, 1.82) is 0 Å². The maximum atomic E-state index is 12.5. The lowest BCUT2D eigenvalue weighted by Crippen LogP contribution is -2.42. The van der Waals surface area contributed by atoms with Crippen LogP contribution in [0.5, 0.6) is 5.75 Å². The Morgan fingerprint density at radius 2 is 2.00 bits per heavy atom. The van der Waals surface area contributed by atoms with E-state index in [2.05, 4.69) is 10.2 Å². The summed E-state index contributed by atoms with van der Waals surface area (Å²) in [6.07, 6.45) is 1.22. The zero-order valence-electron chi connectivity index (χ0n) is 15.4. The van der Waals surface area contributed by atoms with Gasteiger partial charge in [-0.05, 0) is 51.9 Å². The molecule has 0 spiro atoms. The number of methoxy groups -OCH3 is 1. The Morgan fingerprint density at radius 1 is 1.32 bits per heavy atom. The molecule has 140 valence electrons. The summed E-state index contributed by atoms with van der Waals surface area (Å²) < 4.78 is 10.7. The van der Waals surface area contributed by atoms with E-state index in [1.54, 1.807) is 7.11 Å². The lowest BCUT2D eigenvalue weighted by atomic mass is 9.95. The van der Waals surface area contributed by atoms with Crippen molar-refractivity contribution < 1.29 is 19.4 Å². The number of para-hydroxylation sites is 2. The Balaban J connectivity index is 1.76. The van der Waals surface area contributed by atoms with E-state index in [1.807, 2.05) is 38.1 Å². The molecule has 0 aromatic heterocycles. The molecule has 1 unspecified atom stereocenters. The number of carbonyl (C=O) groups is 1. The number of nitrogens with one attached hydrogen (secondary N) is 1. The summed E-state index contributed by atoms with van der Waals surface area (Å²) in [4.78, 5) is 14.7. The first-order valence-corrected chi connectivity index (χ1v) is 8.95. The Labute approximate surface area is 150 Å². The molecule has 1 aromatic carbocycles. The highest BCUT2D eigenvalue weighted by molar-refractivity contribution is 5.94. The maximum absolute atomic E-state index is 12.5. The van der Waals surface area contributed by atoms with Crippen molar-refractivity contribution in [3.8, 4) is 5.75 Å². The van der Waals surface area contributed by atoms with Crippen LogP contribution in [0.3, 0.4) is 0 Å².